The van der Waals surface area contributed by atoms with E-state index in [1.165, 1.54) is 11.3 Å². The summed E-state index contributed by atoms with van der Waals surface area (Å²) in [6.45, 7) is 14.6. The highest BCUT2D eigenvalue weighted by Gasteiger charge is 2.26. The van der Waals surface area contributed by atoms with Crippen LogP contribution in [0.25, 0.3) is 0 Å². The van der Waals surface area contributed by atoms with E-state index in [9.17, 15) is 4.79 Å². The van der Waals surface area contributed by atoms with Gasteiger partial charge in [-0.2, -0.15) is 0 Å². The molecular formula is C21H35NO. The Hall–Kier alpha value is -1.31. The summed E-state index contributed by atoms with van der Waals surface area (Å²) in [7, 11) is 0. The second kappa shape index (κ2) is 9.75. The lowest BCUT2D eigenvalue weighted by molar-refractivity contribution is -0.126. The molecule has 1 heterocycles. The van der Waals surface area contributed by atoms with Gasteiger partial charge in [0.05, 0.1) is 0 Å². The number of hydrogen-bond acceptors (Lipinski definition) is 2. The second-order valence-electron chi connectivity index (χ2n) is 7.08. The standard InChI is InChI=1S/C19H29NO.C2H6/c1-14(2)13-16-5-7-18(8-6-16)20-11-9-17(10-12-20)19(21)15(3)4;1-2/h5-8,14-15,17H,9-13H2,1-4H3;1-2H3. The van der Waals surface area contributed by atoms with Crippen LogP contribution in [0.15, 0.2) is 24.3 Å². The van der Waals surface area contributed by atoms with Crippen molar-refractivity contribution in [2.45, 2.75) is 60.8 Å². The van der Waals surface area contributed by atoms with Crippen LogP contribution < -0.4 is 4.90 Å². The summed E-state index contributed by atoms with van der Waals surface area (Å²) in [5.41, 5.74) is 2.72. The number of piperidine rings is 1. The van der Waals surface area contributed by atoms with Crippen LogP contribution in [0.1, 0.15) is 59.9 Å². The number of nitrogens with zero attached hydrogens (tertiary/aromatic N) is 1. The van der Waals surface area contributed by atoms with E-state index < -0.39 is 0 Å². The molecule has 23 heavy (non-hydrogen) atoms. The molecule has 1 saturated heterocycles. The molecule has 0 bridgehead atoms. The van der Waals surface area contributed by atoms with Crippen LogP contribution in [0.3, 0.4) is 0 Å². The highest BCUT2D eigenvalue weighted by Crippen LogP contribution is 2.26. The van der Waals surface area contributed by atoms with E-state index in [0.29, 0.717) is 11.7 Å². The number of carbonyl (C=O) groups excluding carboxylic acids is 1. The maximum Gasteiger partial charge on any atom is 0.138 e. The minimum absolute atomic E-state index is 0.178. The fourth-order valence-corrected chi connectivity index (χ4v) is 3.21. The number of hydrogen-bond donors (Lipinski definition) is 0. The van der Waals surface area contributed by atoms with Crippen molar-refractivity contribution in [1.29, 1.82) is 0 Å². The average Bonchev–Trinajstić information content (AvgIpc) is 2.56. The Bertz CT molecular complexity index is 453. The van der Waals surface area contributed by atoms with Gasteiger partial charge in [0.15, 0.2) is 0 Å². The first-order valence-corrected chi connectivity index (χ1v) is 9.35. The minimum atomic E-state index is 0.178. The van der Waals surface area contributed by atoms with Gasteiger partial charge in [0, 0.05) is 30.6 Å². The third-order valence-corrected chi connectivity index (χ3v) is 4.41. The zero-order valence-electron chi connectivity index (χ0n) is 15.9. The van der Waals surface area contributed by atoms with Crippen LogP contribution in [0.4, 0.5) is 5.69 Å². The third kappa shape index (κ3) is 6.01. The van der Waals surface area contributed by atoms with Crippen LogP contribution in [0, 0.1) is 17.8 Å². The van der Waals surface area contributed by atoms with Gasteiger partial charge in [0.1, 0.15) is 5.78 Å². The van der Waals surface area contributed by atoms with E-state index >= 15 is 0 Å². The highest BCUT2D eigenvalue weighted by atomic mass is 16.1. The Morgan fingerprint density at radius 1 is 1.04 bits per heavy atom. The first-order chi connectivity index (χ1) is 11.0. The van der Waals surface area contributed by atoms with Gasteiger partial charge in [-0.25, -0.2) is 0 Å². The molecule has 0 radical (unpaired) electrons. The van der Waals surface area contributed by atoms with Gasteiger partial charge in [0.25, 0.3) is 0 Å². The normalized spacial score (nSPS) is 15.6. The average molecular weight is 318 g/mol. The number of ketones is 1. The zero-order chi connectivity index (χ0) is 17.4. The van der Waals surface area contributed by atoms with Crippen LogP contribution in [-0.2, 0) is 11.2 Å². The molecule has 2 heteroatoms. The van der Waals surface area contributed by atoms with Crippen molar-refractivity contribution in [3.05, 3.63) is 29.8 Å². The SMILES string of the molecule is CC.CC(C)Cc1ccc(N2CCC(C(=O)C(C)C)CC2)cc1. The quantitative estimate of drug-likeness (QED) is 0.729. The summed E-state index contributed by atoms with van der Waals surface area (Å²) >= 11 is 0. The van der Waals surface area contributed by atoms with E-state index in [1.807, 2.05) is 27.7 Å². The molecule has 0 aromatic heterocycles. The molecule has 1 aromatic carbocycles. The summed E-state index contributed by atoms with van der Waals surface area (Å²) in [5, 5.41) is 0. The summed E-state index contributed by atoms with van der Waals surface area (Å²) in [4.78, 5) is 14.5. The van der Waals surface area contributed by atoms with E-state index in [4.69, 9.17) is 0 Å². The summed E-state index contributed by atoms with van der Waals surface area (Å²) in [5.74, 6) is 1.61. The maximum atomic E-state index is 12.1. The topological polar surface area (TPSA) is 20.3 Å². The molecule has 1 aromatic rings. The van der Waals surface area contributed by atoms with Crippen LogP contribution in [0.5, 0.6) is 0 Å². The Morgan fingerprint density at radius 3 is 2.00 bits per heavy atom. The maximum absolute atomic E-state index is 12.1. The molecule has 130 valence electrons. The number of anilines is 1. The summed E-state index contributed by atoms with van der Waals surface area (Å²) in [6, 6.07) is 8.98. The molecular weight excluding hydrogens is 282 g/mol. The molecule has 1 fully saturated rings. The van der Waals surface area contributed by atoms with Gasteiger partial charge in [0.2, 0.25) is 0 Å². The van der Waals surface area contributed by atoms with Crippen molar-refractivity contribution in [3.63, 3.8) is 0 Å². The first-order valence-electron chi connectivity index (χ1n) is 9.35. The molecule has 0 atom stereocenters. The van der Waals surface area contributed by atoms with E-state index in [-0.39, 0.29) is 11.8 Å². The fraction of sp³-hybridized carbons (Fsp3) is 0.667. The highest BCUT2D eigenvalue weighted by molar-refractivity contribution is 5.83. The number of benzene rings is 1. The van der Waals surface area contributed by atoms with Crippen LogP contribution in [-0.4, -0.2) is 18.9 Å². The fourth-order valence-electron chi connectivity index (χ4n) is 3.21. The Balaban J connectivity index is 0.00000127. The van der Waals surface area contributed by atoms with E-state index in [1.54, 1.807) is 0 Å². The second-order valence-corrected chi connectivity index (χ2v) is 7.08. The molecule has 0 unspecified atom stereocenters. The first kappa shape index (κ1) is 19.7. The van der Waals surface area contributed by atoms with Crippen molar-refractivity contribution in [1.82, 2.24) is 0 Å². The molecule has 2 rings (SSSR count). The lowest BCUT2D eigenvalue weighted by Crippen LogP contribution is -2.37. The monoisotopic (exact) mass is 317 g/mol. The van der Waals surface area contributed by atoms with Crippen molar-refractivity contribution in [2.75, 3.05) is 18.0 Å². The molecule has 1 aliphatic rings. The molecule has 0 amide bonds. The number of Topliss-reactive ketones (excluding diaryl/α,β-unsaturated/α-hetero) is 1. The molecule has 1 aliphatic heterocycles. The van der Waals surface area contributed by atoms with Crippen molar-refractivity contribution in [2.24, 2.45) is 17.8 Å². The Morgan fingerprint density at radius 2 is 1.57 bits per heavy atom. The van der Waals surface area contributed by atoms with E-state index in [2.05, 4.69) is 43.0 Å². The molecule has 0 spiro atoms. The minimum Gasteiger partial charge on any atom is -0.371 e. The van der Waals surface area contributed by atoms with Crippen LogP contribution in [0.2, 0.25) is 0 Å². The molecule has 0 aliphatic carbocycles. The van der Waals surface area contributed by atoms with Gasteiger partial charge in [-0.15, -0.1) is 0 Å². The lowest BCUT2D eigenvalue weighted by atomic mass is 9.87. The van der Waals surface area contributed by atoms with Crippen molar-refractivity contribution < 1.29 is 4.79 Å². The molecule has 0 saturated carbocycles. The van der Waals surface area contributed by atoms with Crippen molar-refractivity contribution in [3.8, 4) is 0 Å². The summed E-state index contributed by atoms with van der Waals surface area (Å²) in [6.07, 6.45) is 3.15. The van der Waals surface area contributed by atoms with Gasteiger partial charge in [-0.3, -0.25) is 4.79 Å². The Labute approximate surface area is 143 Å². The molecule has 0 N–H and O–H groups in total. The number of rotatable bonds is 5. The predicted molar refractivity (Wildman–Crippen MR) is 101 cm³/mol. The lowest BCUT2D eigenvalue weighted by Gasteiger charge is -2.33. The van der Waals surface area contributed by atoms with Gasteiger partial charge >= 0.3 is 0 Å². The zero-order valence-corrected chi connectivity index (χ0v) is 15.9. The smallest absolute Gasteiger partial charge is 0.138 e. The Kier molecular flexibility index (Phi) is 8.36. The van der Waals surface area contributed by atoms with Gasteiger partial charge < -0.3 is 4.90 Å². The van der Waals surface area contributed by atoms with Crippen molar-refractivity contribution >= 4 is 11.5 Å². The predicted octanol–water partition coefficient (Wildman–Crippen LogP) is 5.35. The number of carbonyl (C=O) groups is 1. The largest absolute Gasteiger partial charge is 0.371 e. The third-order valence-electron chi connectivity index (χ3n) is 4.41. The van der Waals surface area contributed by atoms with Crippen LogP contribution >= 0.6 is 0 Å². The summed E-state index contributed by atoms with van der Waals surface area (Å²) < 4.78 is 0. The molecule has 2 nitrogen and oxygen atoms in total. The van der Waals surface area contributed by atoms with Gasteiger partial charge in [-0.1, -0.05) is 53.7 Å². The van der Waals surface area contributed by atoms with Gasteiger partial charge in [-0.05, 0) is 42.9 Å². The van der Waals surface area contributed by atoms with E-state index in [0.717, 1.165) is 32.4 Å².